The maximum Gasteiger partial charge on any atom is 0.410 e. The molecule has 3 aliphatic rings. The summed E-state index contributed by atoms with van der Waals surface area (Å²) in [5, 5.41) is 12.9. The highest BCUT2D eigenvalue weighted by Crippen LogP contribution is 2.45. The van der Waals surface area contributed by atoms with E-state index in [1.807, 2.05) is 49.9 Å². The summed E-state index contributed by atoms with van der Waals surface area (Å²) in [6.45, 7) is 9.14. The van der Waals surface area contributed by atoms with Crippen molar-refractivity contribution >= 4 is 51.1 Å². The lowest BCUT2D eigenvalue weighted by atomic mass is 9.85. The molecule has 4 aromatic rings. The van der Waals surface area contributed by atoms with Crippen LogP contribution in [0.3, 0.4) is 0 Å². The zero-order valence-electron chi connectivity index (χ0n) is 27.7. The first-order valence-electron chi connectivity index (χ1n) is 16.4. The summed E-state index contributed by atoms with van der Waals surface area (Å²) in [6, 6.07) is 12.9. The molecule has 1 spiro atoms. The number of halogens is 2. The summed E-state index contributed by atoms with van der Waals surface area (Å²) in [6.07, 6.45) is 3.12. The third-order valence-corrected chi connectivity index (χ3v) is 10.3. The van der Waals surface area contributed by atoms with Crippen LogP contribution < -0.4 is 9.80 Å². The molecule has 1 amide bonds. The van der Waals surface area contributed by atoms with Gasteiger partial charge in [-0.3, -0.25) is 0 Å². The van der Waals surface area contributed by atoms with E-state index < -0.39 is 11.4 Å². The van der Waals surface area contributed by atoms with Crippen LogP contribution in [-0.2, 0) is 4.74 Å². The standard InChI is InChI=1S/C36H42ClFN6O3/c1-35(2,3)47-34(46)44-14-8-11-36(44)12-15-42(16-13-36)32-27-19-28(37)29(26-18-24(45)17-22-9-6-7-10-25(22)26)30(38)31(27)39-33(40-32)43-20-23(21-43)41(4)5/h6-7,9-10,17-19,23,45H,8,11-16,20-21H2,1-5H3. The number of carbonyl (C=O) groups excluding carboxylic acids is 1. The average Bonchev–Trinajstić information content (AvgIpc) is 3.38. The lowest BCUT2D eigenvalue weighted by Gasteiger charge is -2.46. The molecule has 47 heavy (non-hydrogen) atoms. The quantitative estimate of drug-likeness (QED) is 0.249. The van der Waals surface area contributed by atoms with Crippen molar-refractivity contribution in [1.82, 2.24) is 19.8 Å². The van der Waals surface area contributed by atoms with E-state index in [4.69, 9.17) is 26.3 Å². The first-order chi connectivity index (χ1) is 22.3. The van der Waals surface area contributed by atoms with Gasteiger partial charge in [-0.15, -0.1) is 0 Å². The Hall–Kier alpha value is -3.89. The van der Waals surface area contributed by atoms with Gasteiger partial charge >= 0.3 is 6.09 Å². The van der Waals surface area contributed by atoms with Crippen molar-refractivity contribution < 1.29 is 19.0 Å². The molecule has 4 heterocycles. The van der Waals surface area contributed by atoms with E-state index in [9.17, 15) is 9.90 Å². The molecule has 3 aromatic carbocycles. The monoisotopic (exact) mass is 660 g/mol. The molecule has 1 aromatic heterocycles. The second-order valence-electron chi connectivity index (χ2n) is 14.5. The molecule has 0 radical (unpaired) electrons. The van der Waals surface area contributed by atoms with E-state index in [0.717, 1.165) is 49.5 Å². The van der Waals surface area contributed by atoms with Crippen molar-refractivity contribution in [3.8, 4) is 16.9 Å². The van der Waals surface area contributed by atoms with Crippen molar-refractivity contribution in [3.05, 3.63) is 53.3 Å². The predicted octanol–water partition coefficient (Wildman–Crippen LogP) is 7.07. The number of hydrogen-bond acceptors (Lipinski definition) is 8. The molecular weight excluding hydrogens is 619 g/mol. The van der Waals surface area contributed by atoms with Gasteiger partial charge in [0, 0.05) is 55.3 Å². The van der Waals surface area contributed by atoms with Crippen molar-refractivity contribution in [1.29, 1.82) is 0 Å². The maximum atomic E-state index is 16.9. The fourth-order valence-corrected chi connectivity index (χ4v) is 7.73. The van der Waals surface area contributed by atoms with Crippen LogP contribution in [0.2, 0.25) is 5.02 Å². The maximum absolute atomic E-state index is 16.9. The summed E-state index contributed by atoms with van der Waals surface area (Å²) in [5.41, 5.74) is 0.0715. The van der Waals surface area contributed by atoms with Crippen LogP contribution in [0.25, 0.3) is 32.8 Å². The molecule has 3 fully saturated rings. The van der Waals surface area contributed by atoms with E-state index in [1.54, 1.807) is 18.2 Å². The van der Waals surface area contributed by atoms with Gasteiger partial charge in [0.25, 0.3) is 0 Å². The third-order valence-electron chi connectivity index (χ3n) is 10.0. The normalized spacial score (nSPS) is 18.5. The van der Waals surface area contributed by atoms with Gasteiger partial charge in [0.2, 0.25) is 5.95 Å². The first kappa shape index (κ1) is 31.7. The summed E-state index contributed by atoms with van der Waals surface area (Å²) < 4.78 is 22.7. The van der Waals surface area contributed by atoms with Crippen LogP contribution in [0.15, 0.2) is 42.5 Å². The van der Waals surface area contributed by atoms with E-state index in [1.165, 1.54) is 0 Å². The highest BCUT2D eigenvalue weighted by Gasteiger charge is 2.47. The Balaban J connectivity index is 1.29. The van der Waals surface area contributed by atoms with Gasteiger partial charge in [0.15, 0.2) is 5.82 Å². The van der Waals surface area contributed by atoms with E-state index in [0.29, 0.717) is 48.4 Å². The summed E-state index contributed by atoms with van der Waals surface area (Å²) >= 11 is 6.94. The van der Waals surface area contributed by atoms with Gasteiger partial charge in [-0.1, -0.05) is 35.9 Å². The Morgan fingerprint density at radius 1 is 1.02 bits per heavy atom. The van der Waals surface area contributed by atoms with Gasteiger partial charge in [0.1, 0.15) is 22.7 Å². The summed E-state index contributed by atoms with van der Waals surface area (Å²) in [4.78, 5) is 31.5. The zero-order chi connectivity index (χ0) is 33.2. The molecule has 3 saturated heterocycles. The number of likely N-dealkylation sites (tertiary alicyclic amines) is 1. The van der Waals surface area contributed by atoms with E-state index in [2.05, 4.69) is 28.8 Å². The number of hydrogen-bond donors (Lipinski definition) is 1. The molecule has 0 saturated carbocycles. The summed E-state index contributed by atoms with van der Waals surface area (Å²) in [5.74, 6) is 0.611. The molecule has 9 nitrogen and oxygen atoms in total. The Bertz CT molecular complexity index is 1860. The van der Waals surface area contributed by atoms with Gasteiger partial charge in [-0.2, -0.15) is 4.98 Å². The molecule has 0 unspecified atom stereocenters. The third kappa shape index (κ3) is 5.69. The molecule has 0 atom stereocenters. The van der Waals surface area contributed by atoms with Crippen molar-refractivity contribution in [2.45, 2.75) is 63.6 Å². The largest absolute Gasteiger partial charge is 0.508 e. The molecule has 3 aliphatic heterocycles. The molecule has 248 valence electrons. The Morgan fingerprint density at radius 2 is 1.74 bits per heavy atom. The number of carbonyl (C=O) groups is 1. The smallest absolute Gasteiger partial charge is 0.410 e. The van der Waals surface area contributed by atoms with E-state index in [-0.39, 0.29) is 33.5 Å². The second kappa shape index (κ2) is 11.7. The molecule has 11 heteroatoms. The minimum Gasteiger partial charge on any atom is -0.508 e. The van der Waals surface area contributed by atoms with E-state index >= 15 is 4.39 Å². The van der Waals surface area contributed by atoms with Crippen LogP contribution >= 0.6 is 11.6 Å². The van der Waals surface area contributed by atoms with Crippen LogP contribution in [0.4, 0.5) is 21.0 Å². The number of nitrogens with zero attached hydrogens (tertiary/aromatic N) is 6. The number of rotatable bonds is 4. The molecule has 1 N–H and O–H groups in total. The highest BCUT2D eigenvalue weighted by atomic mass is 35.5. The zero-order valence-corrected chi connectivity index (χ0v) is 28.4. The number of ether oxygens (including phenoxy) is 1. The highest BCUT2D eigenvalue weighted by molar-refractivity contribution is 6.35. The molecule has 0 aliphatic carbocycles. The van der Waals surface area contributed by atoms with Gasteiger partial charge < -0.3 is 29.4 Å². The fraction of sp³-hybridized carbons (Fsp3) is 0.472. The minimum atomic E-state index is -0.562. The molecule has 7 rings (SSSR count). The van der Waals surface area contributed by atoms with Gasteiger partial charge in [-0.05, 0) is 95.1 Å². The van der Waals surface area contributed by atoms with Crippen molar-refractivity contribution in [3.63, 3.8) is 0 Å². The van der Waals surface area contributed by atoms with Crippen LogP contribution in [0.1, 0.15) is 46.5 Å². The van der Waals surface area contributed by atoms with Crippen LogP contribution in [0.5, 0.6) is 5.75 Å². The lowest BCUT2D eigenvalue weighted by molar-refractivity contribution is 0.00320. The number of benzene rings is 3. The average molecular weight is 661 g/mol. The topological polar surface area (TPSA) is 85.3 Å². The number of fused-ring (bicyclic) bond motifs is 2. The van der Waals surface area contributed by atoms with Crippen molar-refractivity contribution in [2.75, 3.05) is 56.6 Å². The fourth-order valence-electron chi connectivity index (χ4n) is 7.44. The number of amides is 1. The molecule has 0 bridgehead atoms. The number of phenolic OH excluding ortho intramolecular Hbond substituents is 1. The molecular formula is C36H42ClFN6O3. The van der Waals surface area contributed by atoms with Gasteiger partial charge in [0.05, 0.1) is 5.02 Å². The predicted molar refractivity (Wildman–Crippen MR) is 185 cm³/mol. The number of likely N-dealkylation sites (N-methyl/N-ethyl adjacent to an activating group) is 1. The number of anilines is 2. The number of phenols is 1. The Kier molecular flexibility index (Phi) is 7.87. The minimum absolute atomic E-state index is 0.0308. The van der Waals surface area contributed by atoms with Crippen LogP contribution in [-0.4, -0.2) is 95.0 Å². The number of aromatic nitrogens is 2. The van der Waals surface area contributed by atoms with Crippen LogP contribution in [0, 0.1) is 5.82 Å². The van der Waals surface area contributed by atoms with Gasteiger partial charge in [-0.25, -0.2) is 14.2 Å². The Morgan fingerprint density at radius 3 is 2.45 bits per heavy atom. The number of aromatic hydroxyl groups is 1. The lowest BCUT2D eigenvalue weighted by Crippen LogP contribution is -2.58. The van der Waals surface area contributed by atoms with Crippen molar-refractivity contribution in [2.24, 2.45) is 0 Å². The summed E-state index contributed by atoms with van der Waals surface area (Å²) in [7, 11) is 4.10. The Labute approximate surface area is 279 Å². The first-order valence-corrected chi connectivity index (χ1v) is 16.8. The second-order valence-corrected chi connectivity index (χ2v) is 14.9. The SMILES string of the molecule is CN(C)C1CN(c2nc(N3CCC4(CCCN4C(=O)OC(C)(C)C)CC3)c3cc(Cl)c(-c4cc(O)cc5ccccc45)c(F)c3n2)C1. The number of piperidine rings is 1.